The van der Waals surface area contributed by atoms with Gasteiger partial charge in [-0.1, -0.05) is 28.1 Å². The summed E-state index contributed by atoms with van der Waals surface area (Å²) in [6.07, 6.45) is 0. The average Bonchev–Trinajstić information content (AvgIpc) is 2.82. The molecule has 2 aromatic rings. The summed E-state index contributed by atoms with van der Waals surface area (Å²) >= 11 is 3.35. The standard InChI is InChI=1S/C16H15BrFN3O3S/c1-16(22)9-21(15(20-16)10-2-4-11(17)5-3-10)12-6-7-14(13(18)8-12)25(19,23)24/h2-8,22H,9H2,1H3,(H2,19,23,24). The Morgan fingerprint density at radius 3 is 2.48 bits per heavy atom. The van der Waals surface area contributed by atoms with Crippen molar-refractivity contribution in [3.8, 4) is 0 Å². The quantitative estimate of drug-likeness (QED) is 0.784. The molecule has 1 aliphatic heterocycles. The molecule has 25 heavy (non-hydrogen) atoms. The number of hydrogen-bond donors (Lipinski definition) is 2. The molecule has 2 aromatic carbocycles. The van der Waals surface area contributed by atoms with Crippen LogP contribution in [0.2, 0.25) is 0 Å². The van der Waals surface area contributed by atoms with Gasteiger partial charge in [-0.25, -0.2) is 22.9 Å². The van der Waals surface area contributed by atoms with E-state index in [1.54, 1.807) is 11.8 Å². The van der Waals surface area contributed by atoms with Crippen LogP contribution >= 0.6 is 15.9 Å². The Morgan fingerprint density at radius 2 is 1.92 bits per heavy atom. The van der Waals surface area contributed by atoms with Crippen molar-refractivity contribution in [2.45, 2.75) is 17.5 Å². The van der Waals surface area contributed by atoms with Gasteiger partial charge in [0.05, 0.1) is 6.54 Å². The molecular formula is C16H15BrFN3O3S. The van der Waals surface area contributed by atoms with Crippen molar-refractivity contribution in [3.63, 3.8) is 0 Å². The van der Waals surface area contributed by atoms with Crippen LogP contribution in [0.5, 0.6) is 0 Å². The zero-order chi connectivity index (χ0) is 18.4. The lowest BCUT2D eigenvalue weighted by atomic mass is 10.1. The van der Waals surface area contributed by atoms with E-state index in [0.717, 1.165) is 22.2 Å². The lowest BCUT2D eigenvalue weighted by Crippen LogP contribution is -2.34. The van der Waals surface area contributed by atoms with Crippen molar-refractivity contribution >= 4 is 37.5 Å². The van der Waals surface area contributed by atoms with Crippen LogP contribution in [0.1, 0.15) is 12.5 Å². The second-order valence-corrected chi connectivity index (χ2v) is 8.35. The predicted molar refractivity (Wildman–Crippen MR) is 96.4 cm³/mol. The number of nitrogens with zero attached hydrogens (tertiary/aromatic N) is 2. The van der Waals surface area contributed by atoms with Crippen molar-refractivity contribution in [3.05, 3.63) is 58.3 Å². The number of rotatable bonds is 3. The molecule has 9 heteroatoms. The summed E-state index contributed by atoms with van der Waals surface area (Å²) in [5.74, 6) is -0.498. The maximum atomic E-state index is 14.2. The minimum atomic E-state index is -4.15. The number of halogens is 2. The normalized spacial score (nSPS) is 20.7. The van der Waals surface area contributed by atoms with Crippen LogP contribution in [-0.2, 0) is 10.0 Å². The van der Waals surface area contributed by atoms with E-state index in [1.165, 1.54) is 6.07 Å². The van der Waals surface area contributed by atoms with Crippen LogP contribution in [0.15, 0.2) is 56.8 Å². The molecule has 1 atom stereocenters. The van der Waals surface area contributed by atoms with Gasteiger partial charge in [-0.15, -0.1) is 0 Å². The van der Waals surface area contributed by atoms with Crippen molar-refractivity contribution < 1.29 is 17.9 Å². The lowest BCUT2D eigenvalue weighted by Gasteiger charge is -2.23. The highest BCUT2D eigenvalue weighted by Crippen LogP contribution is 2.30. The number of hydrogen-bond acceptors (Lipinski definition) is 5. The minimum absolute atomic E-state index is 0.104. The van der Waals surface area contributed by atoms with Gasteiger partial charge in [0.2, 0.25) is 10.0 Å². The molecule has 132 valence electrons. The Kier molecular flexibility index (Phi) is 4.44. The van der Waals surface area contributed by atoms with E-state index in [2.05, 4.69) is 20.9 Å². The SMILES string of the molecule is CC1(O)CN(c2ccc(S(N)(=O)=O)c(F)c2)C(c2ccc(Br)cc2)=N1. The molecule has 1 unspecified atom stereocenters. The van der Waals surface area contributed by atoms with Gasteiger partial charge in [0.15, 0.2) is 5.72 Å². The van der Waals surface area contributed by atoms with Gasteiger partial charge in [-0.3, -0.25) is 0 Å². The summed E-state index contributed by atoms with van der Waals surface area (Å²) < 4.78 is 37.8. The van der Waals surface area contributed by atoms with E-state index in [4.69, 9.17) is 5.14 Å². The molecule has 3 rings (SSSR count). The van der Waals surface area contributed by atoms with E-state index in [-0.39, 0.29) is 6.54 Å². The Labute approximate surface area is 153 Å². The third-order valence-corrected chi connectivity index (χ3v) is 5.17. The monoisotopic (exact) mass is 427 g/mol. The summed E-state index contributed by atoms with van der Waals surface area (Å²) in [4.78, 5) is 5.34. The molecular weight excluding hydrogens is 413 g/mol. The van der Waals surface area contributed by atoms with Gasteiger partial charge in [-0.2, -0.15) is 0 Å². The van der Waals surface area contributed by atoms with Crippen molar-refractivity contribution in [2.24, 2.45) is 10.1 Å². The maximum absolute atomic E-state index is 14.2. The van der Waals surface area contributed by atoms with Gasteiger partial charge < -0.3 is 10.0 Å². The lowest BCUT2D eigenvalue weighted by molar-refractivity contribution is 0.0879. The first-order chi connectivity index (χ1) is 11.6. The second kappa shape index (κ2) is 6.17. The zero-order valence-electron chi connectivity index (χ0n) is 13.1. The molecule has 0 saturated heterocycles. The average molecular weight is 428 g/mol. The highest BCUT2D eigenvalue weighted by atomic mass is 79.9. The largest absolute Gasteiger partial charge is 0.368 e. The smallest absolute Gasteiger partial charge is 0.240 e. The fraction of sp³-hybridized carbons (Fsp3) is 0.188. The van der Waals surface area contributed by atoms with Gasteiger partial charge in [0.25, 0.3) is 0 Å². The van der Waals surface area contributed by atoms with Gasteiger partial charge >= 0.3 is 0 Å². The molecule has 0 amide bonds. The van der Waals surface area contributed by atoms with Crippen LogP contribution in [0.4, 0.5) is 10.1 Å². The fourth-order valence-electron chi connectivity index (χ4n) is 2.62. The Morgan fingerprint density at radius 1 is 1.28 bits per heavy atom. The number of nitrogens with two attached hydrogens (primary N) is 1. The van der Waals surface area contributed by atoms with Crippen molar-refractivity contribution in [1.29, 1.82) is 0 Å². The van der Waals surface area contributed by atoms with Crippen LogP contribution in [-0.4, -0.2) is 31.6 Å². The second-order valence-electron chi connectivity index (χ2n) is 5.91. The van der Waals surface area contributed by atoms with E-state index >= 15 is 0 Å². The van der Waals surface area contributed by atoms with Crippen LogP contribution in [0.25, 0.3) is 0 Å². The number of aliphatic imine (C=N–C) groups is 1. The van der Waals surface area contributed by atoms with Gasteiger partial charge in [-0.05, 0) is 37.3 Å². The summed E-state index contributed by atoms with van der Waals surface area (Å²) in [6.45, 7) is 1.65. The molecule has 6 nitrogen and oxygen atoms in total. The van der Waals surface area contributed by atoms with Crippen LogP contribution in [0.3, 0.4) is 0 Å². The number of anilines is 1. The van der Waals surface area contributed by atoms with E-state index in [1.807, 2.05) is 24.3 Å². The molecule has 1 aliphatic rings. The maximum Gasteiger partial charge on any atom is 0.240 e. The molecule has 1 heterocycles. The van der Waals surface area contributed by atoms with Crippen LogP contribution in [0, 0.1) is 5.82 Å². The minimum Gasteiger partial charge on any atom is -0.368 e. The van der Waals surface area contributed by atoms with Crippen LogP contribution < -0.4 is 10.0 Å². The Balaban J connectivity index is 2.05. The molecule has 0 aromatic heterocycles. The molecule has 0 bridgehead atoms. The molecule has 0 saturated carbocycles. The first-order valence-corrected chi connectivity index (χ1v) is 9.59. The first-order valence-electron chi connectivity index (χ1n) is 7.25. The molecule has 0 aliphatic carbocycles. The Bertz CT molecular complexity index is 959. The highest BCUT2D eigenvalue weighted by molar-refractivity contribution is 9.10. The summed E-state index contributed by atoms with van der Waals surface area (Å²) in [5.41, 5.74) is -0.251. The third kappa shape index (κ3) is 3.74. The molecule has 3 N–H and O–H groups in total. The van der Waals surface area contributed by atoms with Crippen molar-refractivity contribution in [2.75, 3.05) is 11.4 Å². The number of β-amino-alcohol motifs (C(OH)–C–C–N with tert-alkyl or cyclic N) is 1. The fourth-order valence-corrected chi connectivity index (χ4v) is 3.47. The molecule has 0 spiro atoms. The molecule has 0 fully saturated rings. The van der Waals surface area contributed by atoms with Crippen molar-refractivity contribution in [1.82, 2.24) is 0 Å². The van der Waals surface area contributed by atoms with E-state index in [0.29, 0.717) is 11.5 Å². The summed E-state index contributed by atoms with van der Waals surface area (Å²) in [5, 5.41) is 15.3. The number of aliphatic hydroxyl groups is 1. The topological polar surface area (TPSA) is 96.0 Å². The number of sulfonamides is 1. The third-order valence-electron chi connectivity index (χ3n) is 3.70. The zero-order valence-corrected chi connectivity index (χ0v) is 15.6. The predicted octanol–water partition coefficient (Wildman–Crippen LogP) is 2.21. The van der Waals surface area contributed by atoms with Gasteiger partial charge in [0, 0.05) is 15.7 Å². The molecule has 0 radical (unpaired) electrons. The summed E-state index contributed by atoms with van der Waals surface area (Å²) in [7, 11) is -4.15. The van der Waals surface area contributed by atoms with E-state index < -0.39 is 26.5 Å². The summed E-state index contributed by atoms with van der Waals surface area (Å²) in [6, 6.07) is 10.9. The van der Waals surface area contributed by atoms with E-state index in [9.17, 15) is 17.9 Å². The highest BCUT2D eigenvalue weighted by Gasteiger charge is 2.35. The Hall–Kier alpha value is -1.81. The number of primary sulfonamides is 1. The number of benzene rings is 2. The first kappa shape index (κ1) is 18.0. The number of amidine groups is 1. The van der Waals surface area contributed by atoms with Gasteiger partial charge in [0.1, 0.15) is 16.5 Å².